The number of ether oxygens (including phenoxy) is 1. The van der Waals surface area contributed by atoms with E-state index in [0.717, 1.165) is 89.9 Å². The van der Waals surface area contributed by atoms with Crippen molar-refractivity contribution in [3.05, 3.63) is 48.6 Å². The first kappa shape index (κ1) is 53.4. The minimum Gasteiger partial charge on any atom is -0.480 e. The van der Waals surface area contributed by atoms with E-state index < -0.39 is 5.97 Å². The first-order valence-corrected chi connectivity index (χ1v) is 23.8. The molecule has 0 aliphatic carbocycles. The van der Waals surface area contributed by atoms with Gasteiger partial charge in [-0.25, -0.2) is 0 Å². The number of hydrogen-bond donors (Lipinski definition) is 2. The minimum atomic E-state index is -1.02. The maximum absolute atomic E-state index is 12.8. The molecule has 0 rings (SSSR count). The van der Waals surface area contributed by atoms with Gasteiger partial charge in [0.25, 0.3) is 0 Å². The van der Waals surface area contributed by atoms with Gasteiger partial charge in [-0.2, -0.15) is 0 Å². The van der Waals surface area contributed by atoms with Crippen molar-refractivity contribution in [2.45, 2.75) is 245 Å². The Morgan fingerprint density at radius 3 is 1.34 bits per heavy atom. The molecule has 324 valence electrons. The number of allylic oxidation sites excluding steroid dienone is 8. The molecule has 0 heterocycles. The maximum Gasteiger partial charge on any atom is 0.322 e. The highest BCUT2D eigenvalue weighted by Gasteiger charge is 2.14. The normalized spacial score (nSPS) is 12.5. The minimum absolute atomic E-state index is 0.0132. The predicted molar refractivity (Wildman–Crippen MR) is 240 cm³/mol. The van der Waals surface area contributed by atoms with Crippen LogP contribution in [0.25, 0.3) is 0 Å². The third-order valence-electron chi connectivity index (χ3n) is 10.5. The summed E-state index contributed by atoms with van der Waals surface area (Å²) in [7, 11) is 0. The zero-order chi connectivity index (χ0) is 40.8. The Balaban J connectivity index is 4.18. The van der Waals surface area contributed by atoms with E-state index in [4.69, 9.17) is 9.84 Å². The number of nitrogens with one attached hydrogen (secondary N) is 1. The molecule has 0 aliphatic rings. The molecule has 1 amide bonds. The second kappa shape index (κ2) is 45.1. The number of esters is 1. The molecule has 2 N–H and O–H groups in total. The van der Waals surface area contributed by atoms with E-state index in [2.05, 4.69) is 67.8 Å². The van der Waals surface area contributed by atoms with Crippen molar-refractivity contribution in [3.8, 4) is 0 Å². The third kappa shape index (κ3) is 44.1. The van der Waals surface area contributed by atoms with Crippen LogP contribution in [0.2, 0.25) is 0 Å². The van der Waals surface area contributed by atoms with Crippen molar-refractivity contribution in [1.82, 2.24) is 5.32 Å². The highest BCUT2D eigenvalue weighted by atomic mass is 16.5. The molecule has 56 heavy (non-hydrogen) atoms. The van der Waals surface area contributed by atoms with Gasteiger partial charge < -0.3 is 15.2 Å². The van der Waals surface area contributed by atoms with Crippen LogP contribution in [-0.2, 0) is 19.1 Å². The molecule has 6 nitrogen and oxygen atoms in total. The summed E-state index contributed by atoms with van der Waals surface area (Å²) in [6.07, 6.45) is 58.1. The van der Waals surface area contributed by atoms with E-state index in [1.54, 1.807) is 0 Å². The number of carbonyl (C=O) groups is 3. The van der Waals surface area contributed by atoms with Crippen molar-refractivity contribution < 1.29 is 24.2 Å². The summed E-state index contributed by atoms with van der Waals surface area (Å²) in [6, 6.07) is 0. The van der Waals surface area contributed by atoms with E-state index in [1.165, 1.54) is 122 Å². The summed E-state index contributed by atoms with van der Waals surface area (Å²) in [5.41, 5.74) is 0. The Morgan fingerprint density at radius 1 is 0.464 bits per heavy atom. The number of carbonyl (C=O) groups excluding carboxylic acids is 2. The highest BCUT2D eigenvalue weighted by molar-refractivity contribution is 5.80. The van der Waals surface area contributed by atoms with Crippen LogP contribution in [0.1, 0.15) is 239 Å². The van der Waals surface area contributed by atoms with Gasteiger partial charge in [-0.1, -0.05) is 178 Å². The Kier molecular flexibility index (Phi) is 43.0. The number of carboxylic acids is 1. The van der Waals surface area contributed by atoms with E-state index in [9.17, 15) is 14.4 Å². The van der Waals surface area contributed by atoms with Crippen molar-refractivity contribution in [2.24, 2.45) is 0 Å². The molecular formula is C50H89NO5. The summed E-state index contributed by atoms with van der Waals surface area (Å²) in [5, 5.41) is 11.1. The number of carboxylic acid groups (broad SMARTS) is 1. The molecule has 0 spiro atoms. The van der Waals surface area contributed by atoms with Gasteiger partial charge in [0, 0.05) is 12.8 Å². The van der Waals surface area contributed by atoms with Gasteiger partial charge in [0.15, 0.2) is 0 Å². The Labute approximate surface area is 346 Å². The molecule has 0 aromatic rings. The molecule has 0 radical (unpaired) electrons. The molecule has 0 fully saturated rings. The molecule has 6 heteroatoms. The fraction of sp³-hybridized carbons (Fsp3) is 0.780. The lowest BCUT2D eigenvalue weighted by Crippen LogP contribution is -2.28. The lowest BCUT2D eigenvalue weighted by Gasteiger charge is -2.18. The van der Waals surface area contributed by atoms with Crippen LogP contribution >= 0.6 is 0 Å². The summed E-state index contributed by atoms with van der Waals surface area (Å²) in [4.78, 5) is 35.1. The number of amides is 1. The van der Waals surface area contributed by atoms with Crippen molar-refractivity contribution >= 4 is 17.8 Å². The lowest BCUT2D eigenvalue weighted by atomic mass is 10.0. The third-order valence-corrected chi connectivity index (χ3v) is 10.5. The molecule has 0 aromatic carbocycles. The summed E-state index contributed by atoms with van der Waals surface area (Å²) in [6.45, 7) is 4.22. The SMILES string of the molecule is CCCCCCC/C=C\C/C=C\C/C=C\CCCCCCCCC(=O)OC(CCC/C=C\CCCCCCCCCC)CCCCCCCC(=O)NCC(=O)O. The summed E-state index contributed by atoms with van der Waals surface area (Å²) >= 11 is 0. The molecule has 0 bridgehead atoms. The van der Waals surface area contributed by atoms with E-state index in [-0.39, 0.29) is 24.5 Å². The average molecular weight is 784 g/mol. The quantitative estimate of drug-likeness (QED) is 0.0365. The van der Waals surface area contributed by atoms with Crippen LogP contribution in [0.5, 0.6) is 0 Å². The molecule has 0 aromatic heterocycles. The lowest BCUT2D eigenvalue weighted by molar-refractivity contribution is -0.150. The Hall–Kier alpha value is -2.63. The van der Waals surface area contributed by atoms with E-state index in [0.29, 0.717) is 12.8 Å². The van der Waals surface area contributed by atoms with Crippen molar-refractivity contribution in [3.63, 3.8) is 0 Å². The van der Waals surface area contributed by atoms with E-state index >= 15 is 0 Å². The molecule has 0 saturated heterocycles. The van der Waals surface area contributed by atoms with Gasteiger partial charge in [0.2, 0.25) is 5.91 Å². The largest absolute Gasteiger partial charge is 0.480 e. The first-order valence-electron chi connectivity index (χ1n) is 23.8. The van der Waals surface area contributed by atoms with Crippen LogP contribution in [0.3, 0.4) is 0 Å². The second-order valence-electron chi connectivity index (χ2n) is 16.0. The van der Waals surface area contributed by atoms with Gasteiger partial charge in [0.1, 0.15) is 12.6 Å². The van der Waals surface area contributed by atoms with Crippen molar-refractivity contribution in [2.75, 3.05) is 6.54 Å². The molecule has 1 unspecified atom stereocenters. The average Bonchev–Trinajstić information content (AvgIpc) is 3.18. The van der Waals surface area contributed by atoms with Crippen molar-refractivity contribution in [1.29, 1.82) is 0 Å². The summed E-state index contributed by atoms with van der Waals surface area (Å²) in [5.74, 6) is -1.26. The van der Waals surface area contributed by atoms with Crippen LogP contribution in [0, 0.1) is 0 Å². The number of rotatable bonds is 43. The number of unbranched alkanes of at least 4 members (excludes halogenated alkanes) is 24. The zero-order valence-corrected chi connectivity index (χ0v) is 36.7. The summed E-state index contributed by atoms with van der Waals surface area (Å²) < 4.78 is 6.03. The van der Waals surface area contributed by atoms with Crippen LogP contribution in [-0.4, -0.2) is 35.6 Å². The molecule has 1 atom stereocenters. The monoisotopic (exact) mass is 784 g/mol. The Morgan fingerprint density at radius 2 is 0.839 bits per heavy atom. The van der Waals surface area contributed by atoms with Crippen LogP contribution < -0.4 is 5.32 Å². The first-order chi connectivity index (χ1) is 27.5. The molecular weight excluding hydrogens is 695 g/mol. The zero-order valence-electron chi connectivity index (χ0n) is 36.7. The van der Waals surface area contributed by atoms with E-state index in [1.807, 2.05) is 0 Å². The topological polar surface area (TPSA) is 92.7 Å². The maximum atomic E-state index is 12.8. The molecule has 0 saturated carbocycles. The standard InChI is InChI=1S/C50H89NO5/c1-3-5-7-9-11-13-15-17-18-19-20-21-22-23-24-26-28-30-32-37-41-45-50(55)56-47(43-39-35-33-36-40-44-48(52)51-46-49(53)54)42-38-34-31-29-27-25-16-14-12-10-8-6-4-2/h15,17,19-20,22-23,29,31,47H,3-14,16,18,21,24-28,30,32-46H2,1-2H3,(H,51,52)(H,53,54)/b17-15-,20-19-,23-22-,31-29-. The molecule has 0 aliphatic heterocycles. The van der Waals surface area contributed by atoms with Crippen LogP contribution in [0.15, 0.2) is 48.6 Å². The fourth-order valence-corrected chi connectivity index (χ4v) is 6.93. The smallest absolute Gasteiger partial charge is 0.322 e. The van der Waals surface area contributed by atoms with Gasteiger partial charge in [-0.05, 0) is 96.3 Å². The van der Waals surface area contributed by atoms with Gasteiger partial charge in [0.05, 0.1) is 0 Å². The van der Waals surface area contributed by atoms with Crippen LogP contribution in [0.4, 0.5) is 0 Å². The fourth-order valence-electron chi connectivity index (χ4n) is 6.93. The van der Waals surface area contributed by atoms with Gasteiger partial charge in [-0.3, -0.25) is 14.4 Å². The number of aliphatic carboxylic acids is 1. The highest BCUT2D eigenvalue weighted by Crippen LogP contribution is 2.18. The second-order valence-corrected chi connectivity index (χ2v) is 16.0. The predicted octanol–water partition coefficient (Wildman–Crippen LogP) is 15.0. The number of hydrogen-bond acceptors (Lipinski definition) is 4. The van der Waals surface area contributed by atoms with Gasteiger partial charge >= 0.3 is 11.9 Å². The Bertz CT molecular complexity index is 999. The van der Waals surface area contributed by atoms with Gasteiger partial charge in [-0.15, -0.1) is 0 Å².